The number of benzene rings is 1. The van der Waals surface area contributed by atoms with Crippen LogP contribution in [0.1, 0.15) is 5.56 Å². The van der Waals surface area contributed by atoms with E-state index in [1.807, 2.05) is 6.07 Å². The van der Waals surface area contributed by atoms with Crippen LogP contribution in [0.15, 0.2) is 29.2 Å². The Bertz CT molecular complexity index is 534. The van der Waals surface area contributed by atoms with Crippen LogP contribution in [0.25, 0.3) is 0 Å². The summed E-state index contributed by atoms with van der Waals surface area (Å²) in [6.07, 6.45) is -0.891. The van der Waals surface area contributed by atoms with Gasteiger partial charge in [0.2, 0.25) is 0 Å². The molecule has 0 aliphatic rings. The summed E-state index contributed by atoms with van der Waals surface area (Å²) < 4.78 is 23.8. The number of rotatable bonds is 7. The zero-order valence-corrected chi connectivity index (χ0v) is 11.1. The summed E-state index contributed by atoms with van der Waals surface area (Å²) in [5.74, 6) is -0.114. The molecule has 0 aliphatic carbocycles. The van der Waals surface area contributed by atoms with E-state index in [4.69, 9.17) is 15.5 Å². The number of sulfone groups is 1. The molecule has 0 aromatic heterocycles. The smallest absolute Gasteiger partial charge is 0.179 e. The number of aliphatic hydroxyl groups is 2. The van der Waals surface area contributed by atoms with Crippen LogP contribution in [0.4, 0.5) is 0 Å². The fourth-order valence-corrected chi connectivity index (χ4v) is 2.59. The Morgan fingerprint density at radius 1 is 1.32 bits per heavy atom. The maximum atomic E-state index is 11.9. The standard InChI is InChI=1S/C12H16N2O4S/c13-7-10-1-3-12(4-2-10)19(17,18)6-5-14-8-11(16)9-15/h1-4,11,14-16H,5-6,8-9H2. The maximum Gasteiger partial charge on any atom is 0.179 e. The molecule has 0 heterocycles. The zero-order valence-electron chi connectivity index (χ0n) is 10.3. The topological polar surface area (TPSA) is 110 Å². The number of aliphatic hydroxyl groups excluding tert-OH is 2. The molecule has 0 amide bonds. The second-order valence-corrected chi connectivity index (χ2v) is 6.10. The normalized spacial score (nSPS) is 12.9. The summed E-state index contributed by atoms with van der Waals surface area (Å²) in [6, 6.07) is 7.63. The second kappa shape index (κ2) is 7.21. The molecule has 0 aliphatic heterocycles. The van der Waals surface area contributed by atoms with Crippen LogP contribution in [-0.4, -0.2) is 50.2 Å². The van der Waals surface area contributed by atoms with Gasteiger partial charge in [0.1, 0.15) is 0 Å². The first-order valence-electron chi connectivity index (χ1n) is 5.72. The van der Waals surface area contributed by atoms with Gasteiger partial charge in [-0.3, -0.25) is 0 Å². The van der Waals surface area contributed by atoms with Crippen molar-refractivity contribution in [1.82, 2.24) is 5.32 Å². The van der Waals surface area contributed by atoms with E-state index in [2.05, 4.69) is 5.32 Å². The van der Waals surface area contributed by atoms with Crippen molar-refractivity contribution in [3.8, 4) is 6.07 Å². The lowest BCUT2D eigenvalue weighted by molar-refractivity contribution is 0.0950. The molecule has 0 saturated carbocycles. The summed E-state index contributed by atoms with van der Waals surface area (Å²) in [5, 5.41) is 29.0. The van der Waals surface area contributed by atoms with Crippen molar-refractivity contribution in [2.24, 2.45) is 0 Å². The molecule has 1 atom stereocenters. The second-order valence-electron chi connectivity index (χ2n) is 4.00. The zero-order chi connectivity index (χ0) is 14.3. The molecule has 1 unspecified atom stereocenters. The lowest BCUT2D eigenvalue weighted by atomic mass is 10.2. The first kappa shape index (κ1) is 15.6. The fraction of sp³-hybridized carbons (Fsp3) is 0.417. The Morgan fingerprint density at radius 2 is 1.95 bits per heavy atom. The highest BCUT2D eigenvalue weighted by Crippen LogP contribution is 2.11. The Kier molecular flexibility index (Phi) is 5.92. The molecule has 1 aromatic carbocycles. The minimum absolute atomic E-state index is 0.114. The van der Waals surface area contributed by atoms with Crippen molar-refractivity contribution in [3.63, 3.8) is 0 Å². The molecule has 7 heteroatoms. The van der Waals surface area contributed by atoms with Gasteiger partial charge in [-0.1, -0.05) is 0 Å². The van der Waals surface area contributed by atoms with Crippen molar-refractivity contribution in [1.29, 1.82) is 5.26 Å². The van der Waals surface area contributed by atoms with Gasteiger partial charge in [-0.05, 0) is 24.3 Å². The van der Waals surface area contributed by atoms with Gasteiger partial charge in [0.25, 0.3) is 0 Å². The van der Waals surface area contributed by atoms with E-state index in [0.717, 1.165) is 0 Å². The average Bonchev–Trinajstić information content (AvgIpc) is 2.43. The number of nitrogens with zero attached hydrogens (tertiary/aromatic N) is 1. The lowest BCUT2D eigenvalue weighted by Gasteiger charge is -2.09. The number of hydrogen-bond donors (Lipinski definition) is 3. The molecule has 0 bridgehead atoms. The summed E-state index contributed by atoms with van der Waals surface area (Å²) in [7, 11) is -3.41. The van der Waals surface area contributed by atoms with E-state index in [1.165, 1.54) is 24.3 Å². The number of nitriles is 1. The molecule has 6 nitrogen and oxygen atoms in total. The molecular weight excluding hydrogens is 268 g/mol. The van der Waals surface area contributed by atoms with Gasteiger partial charge in [-0.15, -0.1) is 0 Å². The molecule has 1 aromatic rings. The van der Waals surface area contributed by atoms with Crippen LogP contribution in [0, 0.1) is 11.3 Å². The minimum atomic E-state index is -3.41. The quantitative estimate of drug-likeness (QED) is 0.570. The Morgan fingerprint density at radius 3 is 2.47 bits per heavy atom. The largest absolute Gasteiger partial charge is 0.394 e. The van der Waals surface area contributed by atoms with Crippen LogP contribution in [0.2, 0.25) is 0 Å². The van der Waals surface area contributed by atoms with Crippen LogP contribution in [0.3, 0.4) is 0 Å². The van der Waals surface area contributed by atoms with E-state index in [1.54, 1.807) is 0 Å². The van der Waals surface area contributed by atoms with Gasteiger partial charge in [0.15, 0.2) is 9.84 Å². The third-order valence-electron chi connectivity index (χ3n) is 2.48. The van der Waals surface area contributed by atoms with Crippen LogP contribution in [0.5, 0.6) is 0 Å². The van der Waals surface area contributed by atoms with Crippen LogP contribution >= 0.6 is 0 Å². The summed E-state index contributed by atoms with van der Waals surface area (Å²) >= 11 is 0. The van der Waals surface area contributed by atoms with Crippen LogP contribution < -0.4 is 5.32 Å². The van der Waals surface area contributed by atoms with E-state index < -0.39 is 15.9 Å². The minimum Gasteiger partial charge on any atom is -0.394 e. The first-order chi connectivity index (χ1) is 8.99. The predicted octanol–water partition coefficient (Wildman–Crippen LogP) is -0.725. The molecular formula is C12H16N2O4S. The molecule has 0 spiro atoms. The van der Waals surface area contributed by atoms with E-state index in [-0.39, 0.29) is 30.3 Å². The van der Waals surface area contributed by atoms with Gasteiger partial charge in [0, 0.05) is 13.1 Å². The summed E-state index contributed by atoms with van der Waals surface area (Å²) in [4.78, 5) is 0.163. The molecule has 19 heavy (non-hydrogen) atoms. The molecule has 0 radical (unpaired) electrons. The van der Waals surface area contributed by atoms with Gasteiger partial charge in [0.05, 0.1) is 35.0 Å². The van der Waals surface area contributed by atoms with Crippen molar-refractivity contribution >= 4 is 9.84 Å². The Labute approximate surface area is 112 Å². The van der Waals surface area contributed by atoms with Crippen molar-refractivity contribution in [2.75, 3.05) is 25.4 Å². The lowest BCUT2D eigenvalue weighted by Crippen LogP contribution is -2.32. The van der Waals surface area contributed by atoms with Gasteiger partial charge in [-0.2, -0.15) is 5.26 Å². The average molecular weight is 284 g/mol. The van der Waals surface area contributed by atoms with Gasteiger partial charge in [-0.25, -0.2) is 8.42 Å². The monoisotopic (exact) mass is 284 g/mol. The van der Waals surface area contributed by atoms with Gasteiger partial charge >= 0.3 is 0 Å². The first-order valence-corrected chi connectivity index (χ1v) is 7.37. The summed E-state index contributed by atoms with van der Waals surface area (Å²) in [6.45, 7) is -0.0475. The Balaban J connectivity index is 2.54. The van der Waals surface area contributed by atoms with Gasteiger partial charge < -0.3 is 15.5 Å². The molecule has 0 saturated heterocycles. The number of nitrogens with one attached hydrogen (secondary N) is 1. The predicted molar refractivity (Wildman–Crippen MR) is 69.2 cm³/mol. The van der Waals surface area contributed by atoms with Crippen molar-refractivity contribution in [2.45, 2.75) is 11.0 Å². The maximum absolute atomic E-state index is 11.9. The third-order valence-corrected chi connectivity index (χ3v) is 4.21. The van der Waals surface area contributed by atoms with E-state index in [9.17, 15) is 8.42 Å². The number of hydrogen-bond acceptors (Lipinski definition) is 6. The third kappa shape index (κ3) is 4.96. The van der Waals surface area contributed by atoms with E-state index in [0.29, 0.717) is 5.56 Å². The highest BCUT2D eigenvalue weighted by molar-refractivity contribution is 7.91. The highest BCUT2D eigenvalue weighted by Gasteiger charge is 2.14. The summed E-state index contributed by atoms with van der Waals surface area (Å²) in [5.41, 5.74) is 0.406. The van der Waals surface area contributed by atoms with Crippen LogP contribution in [-0.2, 0) is 9.84 Å². The molecule has 0 fully saturated rings. The van der Waals surface area contributed by atoms with Crippen molar-refractivity contribution in [3.05, 3.63) is 29.8 Å². The van der Waals surface area contributed by atoms with Crippen molar-refractivity contribution < 1.29 is 18.6 Å². The molecule has 1 rings (SSSR count). The SMILES string of the molecule is N#Cc1ccc(S(=O)(=O)CCNCC(O)CO)cc1. The highest BCUT2D eigenvalue weighted by atomic mass is 32.2. The Hall–Kier alpha value is -1.46. The fourth-order valence-electron chi connectivity index (χ4n) is 1.39. The van der Waals surface area contributed by atoms with E-state index >= 15 is 0 Å². The molecule has 104 valence electrons. The molecule has 3 N–H and O–H groups in total.